The lowest BCUT2D eigenvalue weighted by Crippen LogP contribution is -2.57. The molecule has 3 heteroatoms. The molecule has 0 amide bonds. The van der Waals surface area contributed by atoms with Crippen molar-refractivity contribution in [1.29, 1.82) is 0 Å². The molecule has 14 heavy (non-hydrogen) atoms. The minimum absolute atomic E-state index is 0.0868. The summed E-state index contributed by atoms with van der Waals surface area (Å²) in [5.41, 5.74) is 0. The average molecular weight is 198 g/mol. The predicted octanol–water partition coefficient (Wildman–Crippen LogP) is 0.894. The normalized spacial score (nSPS) is 24.6. The summed E-state index contributed by atoms with van der Waals surface area (Å²) < 4.78 is 0. The molecule has 82 valence electrons. The maximum Gasteiger partial charge on any atom is 0.153 e. The molecule has 0 spiro atoms. The van der Waals surface area contributed by atoms with Gasteiger partial charge >= 0.3 is 0 Å². The molecule has 1 aliphatic heterocycles. The van der Waals surface area contributed by atoms with Gasteiger partial charge in [0.2, 0.25) is 0 Å². The fraction of sp³-hybridized carbons (Fsp3) is 0.909. The quantitative estimate of drug-likeness (QED) is 0.731. The van der Waals surface area contributed by atoms with Gasteiger partial charge in [-0.15, -0.1) is 0 Å². The second-order valence-electron chi connectivity index (χ2n) is 4.61. The van der Waals surface area contributed by atoms with Crippen LogP contribution >= 0.6 is 0 Å². The van der Waals surface area contributed by atoms with E-state index in [9.17, 15) is 4.79 Å². The van der Waals surface area contributed by atoms with Crippen LogP contribution in [0.4, 0.5) is 0 Å². The molecular weight excluding hydrogens is 176 g/mol. The largest absolute Gasteiger partial charge is 0.313 e. The monoisotopic (exact) mass is 198 g/mol. The van der Waals surface area contributed by atoms with E-state index in [1.807, 2.05) is 13.8 Å². The van der Waals surface area contributed by atoms with Crippen molar-refractivity contribution in [3.63, 3.8) is 0 Å². The summed E-state index contributed by atoms with van der Waals surface area (Å²) in [6.45, 7) is 11.1. The van der Waals surface area contributed by atoms with E-state index in [-0.39, 0.29) is 12.0 Å². The maximum absolute atomic E-state index is 11.9. The smallest absolute Gasteiger partial charge is 0.153 e. The molecule has 1 fully saturated rings. The van der Waals surface area contributed by atoms with Gasteiger partial charge < -0.3 is 5.32 Å². The first kappa shape index (κ1) is 11.7. The van der Waals surface area contributed by atoms with Crippen LogP contribution in [0.15, 0.2) is 0 Å². The van der Waals surface area contributed by atoms with Crippen LogP contribution in [0.5, 0.6) is 0 Å². The highest BCUT2D eigenvalue weighted by molar-refractivity contribution is 5.86. The Labute approximate surface area is 86.9 Å². The fourth-order valence-corrected chi connectivity index (χ4v) is 1.99. The lowest BCUT2D eigenvalue weighted by atomic mass is 9.98. The molecule has 3 nitrogen and oxygen atoms in total. The first-order valence-corrected chi connectivity index (χ1v) is 5.54. The number of Topliss-reactive ketones (excluding diaryl/α,β-unsaturated/α-hetero) is 1. The number of carbonyl (C=O) groups is 1. The topological polar surface area (TPSA) is 32.3 Å². The Balaban J connectivity index is 2.67. The van der Waals surface area contributed by atoms with Gasteiger partial charge in [0, 0.05) is 31.6 Å². The summed E-state index contributed by atoms with van der Waals surface area (Å²) in [5, 5.41) is 3.29. The van der Waals surface area contributed by atoms with E-state index in [4.69, 9.17) is 0 Å². The summed E-state index contributed by atoms with van der Waals surface area (Å²) in [4.78, 5) is 14.2. The average Bonchev–Trinajstić information content (AvgIpc) is 2.16. The van der Waals surface area contributed by atoms with Crippen molar-refractivity contribution in [1.82, 2.24) is 10.2 Å². The van der Waals surface area contributed by atoms with Gasteiger partial charge in [-0.25, -0.2) is 0 Å². The molecule has 1 N–H and O–H groups in total. The zero-order valence-corrected chi connectivity index (χ0v) is 9.71. The molecule has 0 aromatic carbocycles. The number of ketones is 1. The molecule has 1 rings (SSSR count). The van der Waals surface area contributed by atoms with Crippen molar-refractivity contribution in [3.05, 3.63) is 0 Å². The SMILES string of the molecule is CC(C)C(=O)C1CNCCN1C(C)C. The van der Waals surface area contributed by atoms with Gasteiger partial charge in [-0.1, -0.05) is 13.8 Å². The van der Waals surface area contributed by atoms with E-state index in [2.05, 4.69) is 24.1 Å². The first-order chi connectivity index (χ1) is 6.54. The van der Waals surface area contributed by atoms with Crippen LogP contribution in [0.3, 0.4) is 0 Å². The number of carbonyl (C=O) groups excluding carboxylic acids is 1. The van der Waals surface area contributed by atoms with E-state index in [0.29, 0.717) is 11.8 Å². The second kappa shape index (κ2) is 4.89. The van der Waals surface area contributed by atoms with E-state index in [1.54, 1.807) is 0 Å². The van der Waals surface area contributed by atoms with Gasteiger partial charge in [0.1, 0.15) is 0 Å². The Hall–Kier alpha value is -0.410. The minimum Gasteiger partial charge on any atom is -0.313 e. The highest BCUT2D eigenvalue weighted by atomic mass is 16.1. The van der Waals surface area contributed by atoms with Gasteiger partial charge in [-0.2, -0.15) is 0 Å². The van der Waals surface area contributed by atoms with Crippen LogP contribution in [0.1, 0.15) is 27.7 Å². The van der Waals surface area contributed by atoms with Gasteiger partial charge in [0.15, 0.2) is 5.78 Å². The third-order valence-electron chi connectivity index (χ3n) is 2.85. The lowest BCUT2D eigenvalue weighted by molar-refractivity contribution is -0.128. The van der Waals surface area contributed by atoms with E-state index in [1.165, 1.54) is 0 Å². The number of nitrogens with zero attached hydrogens (tertiary/aromatic N) is 1. The molecular formula is C11H22N2O. The lowest BCUT2D eigenvalue weighted by Gasteiger charge is -2.38. The third-order valence-corrected chi connectivity index (χ3v) is 2.85. The van der Waals surface area contributed by atoms with Gasteiger partial charge in [-0.05, 0) is 13.8 Å². The predicted molar refractivity (Wildman–Crippen MR) is 58.3 cm³/mol. The Morgan fingerprint density at radius 3 is 2.50 bits per heavy atom. The Bertz CT molecular complexity index is 201. The van der Waals surface area contributed by atoms with Crippen molar-refractivity contribution in [2.75, 3.05) is 19.6 Å². The maximum atomic E-state index is 11.9. The molecule has 0 aromatic heterocycles. The van der Waals surface area contributed by atoms with E-state index >= 15 is 0 Å². The fourth-order valence-electron chi connectivity index (χ4n) is 1.99. The van der Waals surface area contributed by atoms with Gasteiger partial charge in [0.05, 0.1) is 6.04 Å². The van der Waals surface area contributed by atoms with E-state index < -0.39 is 0 Å². The van der Waals surface area contributed by atoms with Crippen LogP contribution in [0.25, 0.3) is 0 Å². The number of hydrogen-bond donors (Lipinski definition) is 1. The summed E-state index contributed by atoms with van der Waals surface area (Å²) >= 11 is 0. The first-order valence-electron chi connectivity index (χ1n) is 5.54. The molecule has 0 aliphatic carbocycles. The number of rotatable bonds is 3. The third kappa shape index (κ3) is 2.55. The Kier molecular flexibility index (Phi) is 4.08. The van der Waals surface area contributed by atoms with Crippen LogP contribution in [0.2, 0.25) is 0 Å². The highest BCUT2D eigenvalue weighted by Gasteiger charge is 2.30. The Morgan fingerprint density at radius 1 is 1.36 bits per heavy atom. The number of hydrogen-bond acceptors (Lipinski definition) is 3. The second-order valence-corrected chi connectivity index (χ2v) is 4.61. The van der Waals surface area contributed by atoms with Crippen molar-refractivity contribution in [3.8, 4) is 0 Å². The molecule has 0 saturated carbocycles. The van der Waals surface area contributed by atoms with E-state index in [0.717, 1.165) is 19.6 Å². The van der Waals surface area contributed by atoms with Crippen LogP contribution < -0.4 is 5.32 Å². The summed E-state index contributed by atoms with van der Waals surface area (Å²) in [7, 11) is 0. The minimum atomic E-state index is 0.0868. The zero-order valence-electron chi connectivity index (χ0n) is 9.71. The Morgan fingerprint density at radius 2 is 2.00 bits per heavy atom. The zero-order chi connectivity index (χ0) is 10.7. The van der Waals surface area contributed by atoms with Crippen LogP contribution in [-0.2, 0) is 4.79 Å². The summed E-state index contributed by atoms with van der Waals surface area (Å²) in [5.74, 6) is 0.507. The molecule has 1 aliphatic rings. The summed E-state index contributed by atoms with van der Waals surface area (Å²) in [6.07, 6.45) is 0. The number of piperazine rings is 1. The molecule has 1 atom stereocenters. The van der Waals surface area contributed by atoms with Gasteiger partial charge in [-0.3, -0.25) is 9.69 Å². The van der Waals surface area contributed by atoms with Crippen LogP contribution in [-0.4, -0.2) is 42.4 Å². The molecule has 0 bridgehead atoms. The van der Waals surface area contributed by atoms with Crippen LogP contribution in [0, 0.1) is 5.92 Å². The number of nitrogens with one attached hydrogen (secondary N) is 1. The molecule has 1 saturated heterocycles. The van der Waals surface area contributed by atoms with Crippen molar-refractivity contribution >= 4 is 5.78 Å². The highest BCUT2D eigenvalue weighted by Crippen LogP contribution is 2.12. The standard InChI is InChI=1S/C11H22N2O/c1-8(2)11(14)10-7-12-5-6-13(10)9(3)4/h8-10,12H,5-7H2,1-4H3. The molecule has 0 radical (unpaired) electrons. The molecule has 1 unspecified atom stereocenters. The summed E-state index contributed by atoms with van der Waals surface area (Å²) in [6, 6.07) is 0.550. The molecule has 1 heterocycles. The van der Waals surface area contributed by atoms with Crippen molar-refractivity contribution in [2.24, 2.45) is 5.92 Å². The van der Waals surface area contributed by atoms with Crippen molar-refractivity contribution in [2.45, 2.75) is 39.8 Å². The molecule has 0 aromatic rings. The van der Waals surface area contributed by atoms with Gasteiger partial charge in [0.25, 0.3) is 0 Å². The van der Waals surface area contributed by atoms with Crippen molar-refractivity contribution < 1.29 is 4.79 Å².